The molecule has 0 bridgehead atoms. The van der Waals surface area contributed by atoms with E-state index in [1.165, 1.54) is 6.07 Å². The minimum absolute atomic E-state index is 0.134. The number of amides is 1. The van der Waals surface area contributed by atoms with Crippen LogP contribution in [0.4, 0.5) is 5.69 Å². The van der Waals surface area contributed by atoms with Gasteiger partial charge in [-0.3, -0.25) is 4.79 Å². The first-order chi connectivity index (χ1) is 10.1. The van der Waals surface area contributed by atoms with E-state index in [1.807, 2.05) is 24.3 Å². The maximum Gasteiger partial charge on any atom is 0.371 e. The van der Waals surface area contributed by atoms with Crippen molar-refractivity contribution in [2.24, 2.45) is 0 Å². The van der Waals surface area contributed by atoms with Gasteiger partial charge in [0.25, 0.3) is 0 Å². The first kappa shape index (κ1) is 13.2. The predicted molar refractivity (Wildman–Crippen MR) is 75.1 cm³/mol. The molecule has 2 aromatic rings. The van der Waals surface area contributed by atoms with Crippen molar-refractivity contribution in [3.8, 4) is 0 Å². The summed E-state index contributed by atoms with van der Waals surface area (Å²) in [6.45, 7) is 0.167. The number of hydrogen-bond donors (Lipinski definition) is 3. The number of furan rings is 1. The third-order valence-electron chi connectivity index (χ3n) is 3.40. The molecule has 0 saturated heterocycles. The van der Waals surface area contributed by atoms with Crippen molar-refractivity contribution in [2.45, 2.75) is 19.0 Å². The summed E-state index contributed by atoms with van der Waals surface area (Å²) in [5.41, 5.74) is 2.09. The van der Waals surface area contributed by atoms with E-state index in [2.05, 4.69) is 10.6 Å². The van der Waals surface area contributed by atoms with Crippen molar-refractivity contribution < 1.29 is 19.1 Å². The van der Waals surface area contributed by atoms with E-state index in [9.17, 15) is 9.59 Å². The van der Waals surface area contributed by atoms with Gasteiger partial charge < -0.3 is 20.2 Å². The molecule has 6 heteroatoms. The van der Waals surface area contributed by atoms with Crippen LogP contribution in [0.25, 0.3) is 0 Å². The van der Waals surface area contributed by atoms with E-state index in [0.29, 0.717) is 12.2 Å². The SMILES string of the molecule is O=C(O)c1ccc(CNC(=O)C2Cc3ccccc3N2)o1. The van der Waals surface area contributed by atoms with Gasteiger partial charge in [-0.25, -0.2) is 4.79 Å². The normalized spacial score (nSPS) is 16.1. The lowest BCUT2D eigenvalue weighted by molar-refractivity contribution is -0.121. The van der Waals surface area contributed by atoms with E-state index in [-0.39, 0.29) is 24.3 Å². The number of carboxylic acids is 1. The summed E-state index contributed by atoms with van der Waals surface area (Å²) in [5.74, 6) is -0.984. The van der Waals surface area contributed by atoms with Crippen molar-refractivity contribution in [3.05, 3.63) is 53.5 Å². The van der Waals surface area contributed by atoms with E-state index < -0.39 is 5.97 Å². The Bertz CT molecular complexity index is 667. The van der Waals surface area contributed by atoms with Gasteiger partial charge in [0.1, 0.15) is 11.8 Å². The highest BCUT2D eigenvalue weighted by Gasteiger charge is 2.26. The van der Waals surface area contributed by atoms with Crippen LogP contribution in [0.3, 0.4) is 0 Å². The molecule has 0 spiro atoms. The Morgan fingerprint density at radius 2 is 2.10 bits per heavy atom. The smallest absolute Gasteiger partial charge is 0.371 e. The van der Waals surface area contributed by atoms with Crippen LogP contribution in [0.15, 0.2) is 40.8 Å². The molecule has 0 fully saturated rings. The summed E-state index contributed by atoms with van der Waals surface area (Å²) in [7, 11) is 0. The zero-order valence-corrected chi connectivity index (χ0v) is 11.1. The molecule has 108 valence electrons. The zero-order chi connectivity index (χ0) is 14.8. The van der Waals surface area contributed by atoms with Crippen LogP contribution in [0.5, 0.6) is 0 Å². The quantitative estimate of drug-likeness (QED) is 0.794. The van der Waals surface area contributed by atoms with Crippen LogP contribution in [0, 0.1) is 0 Å². The van der Waals surface area contributed by atoms with Crippen LogP contribution in [-0.4, -0.2) is 23.0 Å². The van der Waals surface area contributed by atoms with Gasteiger partial charge in [0.15, 0.2) is 0 Å². The summed E-state index contributed by atoms with van der Waals surface area (Å²) < 4.78 is 5.09. The van der Waals surface area contributed by atoms with E-state index in [1.54, 1.807) is 6.07 Å². The molecule has 2 heterocycles. The maximum atomic E-state index is 12.1. The molecule has 1 aromatic heterocycles. The molecule has 1 aromatic carbocycles. The minimum Gasteiger partial charge on any atom is -0.475 e. The molecule has 0 radical (unpaired) electrons. The summed E-state index contributed by atoms with van der Waals surface area (Å²) in [5, 5.41) is 14.7. The van der Waals surface area contributed by atoms with Crippen molar-refractivity contribution in [1.29, 1.82) is 0 Å². The van der Waals surface area contributed by atoms with Gasteiger partial charge in [-0.1, -0.05) is 18.2 Å². The fraction of sp³-hybridized carbons (Fsp3) is 0.200. The third kappa shape index (κ3) is 2.74. The first-order valence-corrected chi connectivity index (χ1v) is 6.57. The average molecular weight is 286 g/mol. The van der Waals surface area contributed by atoms with Crippen LogP contribution < -0.4 is 10.6 Å². The summed E-state index contributed by atoms with van der Waals surface area (Å²) in [6.07, 6.45) is 0.639. The molecule has 1 aliphatic heterocycles. The number of carbonyl (C=O) groups excluding carboxylic acids is 1. The van der Waals surface area contributed by atoms with Crippen molar-refractivity contribution in [3.63, 3.8) is 0 Å². The molecule has 1 atom stereocenters. The number of nitrogens with one attached hydrogen (secondary N) is 2. The molecule has 3 N–H and O–H groups in total. The number of benzene rings is 1. The Labute approximate surface area is 120 Å². The monoisotopic (exact) mass is 286 g/mol. The van der Waals surface area contributed by atoms with Gasteiger partial charge in [-0.05, 0) is 23.8 Å². The van der Waals surface area contributed by atoms with Crippen LogP contribution in [-0.2, 0) is 17.8 Å². The Kier molecular flexibility index (Phi) is 3.35. The van der Waals surface area contributed by atoms with Gasteiger partial charge in [-0.2, -0.15) is 0 Å². The zero-order valence-electron chi connectivity index (χ0n) is 11.1. The maximum absolute atomic E-state index is 12.1. The molecule has 0 saturated carbocycles. The summed E-state index contributed by atoms with van der Waals surface area (Å²) in [4.78, 5) is 22.8. The third-order valence-corrected chi connectivity index (χ3v) is 3.40. The second-order valence-corrected chi connectivity index (χ2v) is 4.85. The number of para-hydroxylation sites is 1. The van der Waals surface area contributed by atoms with Crippen molar-refractivity contribution in [2.75, 3.05) is 5.32 Å². The summed E-state index contributed by atoms with van der Waals surface area (Å²) >= 11 is 0. The number of carboxylic acid groups (broad SMARTS) is 1. The van der Waals surface area contributed by atoms with Gasteiger partial charge >= 0.3 is 5.97 Å². The molecule has 3 rings (SSSR count). The van der Waals surface area contributed by atoms with Gasteiger partial charge in [0.05, 0.1) is 6.54 Å². The van der Waals surface area contributed by atoms with Crippen LogP contribution >= 0.6 is 0 Å². The topological polar surface area (TPSA) is 91.6 Å². The number of rotatable bonds is 4. The summed E-state index contributed by atoms with van der Waals surface area (Å²) in [6, 6.07) is 10.4. The Morgan fingerprint density at radius 1 is 1.29 bits per heavy atom. The lowest BCUT2D eigenvalue weighted by Gasteiger charge is -2.10. The molecule has 1 unspecified atom stereocenters. The Balaban J connectivity index is 1.57. The Hall–Kier alpha value is -2.76. The number of hydrogen-bond acceptors (Lipinski definition) is 4. The molecule has 6 nitrogen and oxygen atoms in total. The van der Waals surface area contributed by atoms with Crippen LogP contribution in [0.2, 0.25) is 0 Å². The average Bonchev–Trinajstić information content (AvgIpc) is 3.11. The van der Waals surface area contributed by atoms with E-state index in [0.717, 1.165) is 11.3 Å². The predicted octanol–water partition coefficient (Wildman–Crippen LogP) is 1.63. The highest BCUT2D eigenvalue weighted by molar-refractivity contribution is 5.87. The first-order valence-electron chi connectivity index (χ1n) is 6.57. The molecule has 0 aliphatic carbocycles. The Morgan fingerprint density at radius 3 is 2.81 bits per heavy atom. The molecule has 1 amide bonds. The molecular formula is C15H14N2O4. The van der Waals surface area contributed by atoms with Gasteiger partial charge in [0.2, 0.25) is 11.7 Å². The molecule has 21 heavy (non-hydrogen) atoms. The highest BCUT2D eigenvalue weighted by Crippen LogP contribution is 2.25. The molecular weight excluding hydrogens is 272 g/mol. The lowest BCUT2D eigenvalue weighted by Crippen LogP contribution is -2.37. The second kappa shape index (κ2) is 5.32. The van der Waals surface area contributed by atoms with Gasteiger partial charge in [0, 0.05) is 12.1 Å². The fourth-order valence-corrected chi connectivity index (χ4v) is 2.34. The highest BCUT2D eigenvalue weighted by atomic mass is 16.4. The standard InChI is InChI=1S/C15H14N2O4/c18-14(12-7-9-3-1-2-4-11(9)17-12)16-8-10-5-6-13(21-10)15(19)20/h1-6,12,17H,7-8H2,(H,16,18)(H,19,20). The number of anilines is 1. The number of carbonyl (C=O) groups is 2. The van der Waals surface area contributed by atoms with Crippen molar-refractivity contribution in [1.82, 2.24) is 5.32 Å². The minimum atomic E-state index is -1.12. The lowest BCUT2D eigenvalue weighted by atomic mass is 10.1. The fourth-order valence-electron chi connectivity index (χ4n) is 2.34. The van der Waals surface area contributed by atoms with E-state index >= 15 is 0 Å². The molecule has 1 aliphatic rings. The van der Waals surface area contributed by atoms with Gasteiger partial charge in [-0.15, -0.1) is 0 Å². The number of aromatic carboxylic acids is 1. The second-order valence-electron chi connectivity index (χ2n) is 4.85. The largest absolute Gasteiger partial charge is 0.475 e. The van der Waals surface area contributed by atoms with E-state index in [4.69, 9.17) is 9.52 Å². The number of fused-ring (bicyclic) bond motifs is 1. The van der Waals surface area contributed by atoms with Crippen molar-refractivity contribution >= 4 is 17.6 Å². The van der Waals surface area contributed by atoms with Crippen LogP contribution in [0.1, 0.15) is 21.9 Å².